The monoisotopic (exact) mass is 245 g/mol. The van der Waals surface area contributed by atoms with Gasteiger partial charge in [-0.05, 0) is 38.0 Å². The highest BCUT2D eigenvalue weighted by Gasteiger charge is 2.18. The number of hydrogen-bond acceptors (Lipinski definition) is 3. The molecule has 0 saturated heterocycles. The highest BCUT2D eigenvalue weighted by Crippen LogP contribution is 2.17. The van der Waals surface area contributed by atoms with Crippen molar-refractivity contribution in [3.8, 4) is 5.75 Å². The predicted molar refractivity (Wildman–Crippen MR) is 71.3 cm³/mol. The molecule has 0 spiro atoms. The second-order valence-electron chi connectivity index (χ2n) is 5.11. The number of benzene rings is 1. The summed E-state index contributed by atoms with van der Waals surface area (Å²) in [7, 11) is 0. The Balaban J connectivity index is 2.07. The van der Waals surface area contributed by atoms with E-state index in [1.165, 1.54) is 5.56 Å². The number of nitrogens with two attached hydrogens (primary N) is 1. The van der Waals surface area contributed by atoms with Crippen molar-refractivity contribution in [3.63, 3.8) is 0 Å². The van der Waals surface area contributed by atoms with Gasteiger partial charge >= 0.3 is 0 Å². The number of aromatic nitrogens is 2. The van der Waals surface area contributed by atoms with Gasteiger partial charge in [-0.15, -0.1) is 0 Å². The molecule has 0 amide bonds. The number of rotatable bonds is 4. The van der Waals surface area contributed by atoms with Crippen LogP contribution in [-0.4, -0.2) is 14.7 Å². The first-order valence-electron chi connectivity index (χ1n) is 6.04. The zero-order chi connectivity index (χ0) is 13.2. The van der Waals surface area contributed by atoms with Crippen molar-refractivity contribution >= 4 is 0 Å². The zero-order valence-corrected chi connectivity index (χ0v) is 10.8. The maximum atomic E-state index is 9.23. The van der Waals surface area contributed by atoms with Crippen LogP contribution in [0.15, 0.2) is 36.8 Å². The molecule has 96 valence electrons. The Bertz CT molecular complexity index is 509. The van der Waals surface area contributed by atoms with Crippen LogP contribution >= 0.6 is 0 Å². The molecule has 1 aromatic heterocycles. The molecule has 0 aliphatic carbocycles. The quantitative estimate of drug-likeness (QED) is 0.866. The van der Waals surface area contributed by atoms with E-state index in [-0.39, 0.29) is 5.54 Å². The van der Waals surface area contributed by atoms with Crippen molar-refractivity contribution in [2.24, 2.45) is 5.73 Å². The summed E-state index contributed by atoms with van der Waals surface area (Å²) < 4.78 is 2.08. The van der Waals surface area contributed by atoms with Crippen molar-refractivity contribution in [1.29, 1.82) is 0 Å². The molecule has 2 aromatic rings. The third-order valence-electron chi connectivity index (χ3n) is 2.95. The maximum absolute atomic E-state index is 9.23. The highest BCUT2D eigenvalue weighted by atomic mass is 16.3. The van der Waals surface area contributed by atoms with E-state index in [1.807, 2.05) is 38.5 Å². The molecule has 3 N–H and O–H groups in total. The largest absolute Gasteiger partial charge is 0.508 e. The fraction of sp³-hybridized carbons (Fsp3) is 0.357. The van der Waals surface area contributed by atoms with E-state index in [0.717, 1.165) is 18.7 Å². The first-order chi connectivity index (χ1) is 8.47. The lowest BCUT2D eigenvalue weighted by Gasteiger charge is -2.20. The number of phenols is 1. The SMILES string of the molecule is CC(C)(N)c1cncn1CCc1ccc(O)cc1. The molecule has 18 heavy (non-hydrogen) atoms. The summed E-state index contributed by atoms with van der Waals surface area (Å²) in [5.74, 6) is 0.296. The molecule has 2 rings (SSSR count). The van der Waals surface area contributed by atoms with Gasteiger partial charge in [-0.3, -0.25) is 0 Å². The summed E-state index contributed by atoms with van der Waals surface area (Å²) in [5.41, 5.74) is 7.93. The maximum Gasteiger partial charge on any atom is 0.115 e. The fourth-order valence-electron chi connectivity index (χ4n) is 1.95. The third-order valence-corrected chi connectivity index (χ3v) is 2.95. The molecular formula is C14H19N3O. The van der Waals surface area contributed by atoms with E-state index in [9.17, 15) is 5.11 Å². The van der Waals surface area contributed by atoms with E-state index in [1.54, 1.807) is 12.1 Å². The van der Waals surface area contributed by atoms with Crippen molar-refractivity contribution < 1.29 is 5.11 Å². The van der Waals surface area contributed by atoms with Gasteiger partial charge in [-0.2, -0.15) is 0 Å². The normalized spacial score (nSPS) is 11.7. The van der Waals surface area contributed by atoms with Crippen LogP contribution in [0.2, 0.25) is 0 Å². The van der Waals surface area contributed by atoms with E-state index in [0.29, 0.717) is 5.75 Å². The Kier molecular flexibility index (Phi) is 3.39. The molecule has 0 radical (unpaired) electrons. The second-order valence-corrected chi connectivity index (χ2v) is 5.11. The minimum Gasteiger partial charge on any atom is -0.508 e. The van der Waals surface area contributed by atoms with Crippen LogP contribution < -0.4 is 5.73 Å². The number of imidazole rings is 1. The standard InChI is InChI=1S/C14H19N3O/c1-14(2,15)13-9-16-10-17(13)8-7-11-3-5-12(18)6-4-11/h3-6,9-10,18H,7-8,15H2,1-2H3. The van der Waals surface area contributed by atoms with E-state index in [4.69, 9.17) is 5.73 Å². The minimum absolute atomic E-state index is 0.296. The van der Waals surface area contributed by atoms with Crippen LogP contribution in [0.1, 0.15) is 25.1 Å². The number of aryl methyl sites for hydroxylation is 2. The molecule has 1 aromatic carbocycles. The number of phenolic OH excluding ortho intramolecular Hbond substituents is 1. The summed E-state index contributed by atoms with van der Waals surface area (Å²) in [5, 5.41) is 9.23. The Morgan fingerprint density at radius 3 is 2.56 bits per heavy atom. The van der Waals surface area contributed by atoms with Crippen molar-refractivity contribution in [3.05, 3.63) is 48.0 Å². The van der Waals surface area contributed by atoms with Gasteiger partial charge in [0.05, 0.1) is 17.6 Å². The zero-order valence-electron chi connectivity index (χ0n) is 10.8. The smallest absolute Gasteiger partial charge is 0.115 e. The molecule has 0 saturated carbocycles. The van der Waals surface area contributed by atoms with Crippen molar-refractivity contribution in [2.45, 2.75) is 32.4 Å². The summed E-state index contributed by atoms with van der Waals surface area (Å²) in [6.45, 7) is 4.78. The Morgan fingerprint density at radius 2 is 1.94 bits per heavy atom. The van der Waals surface area contributed by atoms with Crippen LogP contribution in [0.3, 0.4) is 0 Å². The van der Waals surface area contributed by atoms with Gasteiger partial charge in [0.25, 0.3) is 0 Å². The average Bonchev–Trinajstić information content (AvgIpc) is 2.76. The topological polar surface area (TPSA) is 64.1 Å². The summed E-state index contributed by atoms with van der Waals surface area (Å²) in [6.07, 6.45) is 4.51. The second kappa shape index (κ2) is 4.82. The number of aromatic hydroxyl groups is 1. The lowest BCUT2D eigenvalue weighted by atomic mass is 10.0. The molecule has 4 heteroatoms. The van der Waals surface area contributed by atoms with Gasteiger partial charge in [0.15, 0.2) is 0 Å². The van der Waals surface area contributed by atoms with Gasteiger partial charge in [-0.25, -0.2) is 4.98 Å². The molecule has 1 heterocycles. The lowest BCUT2D eigenvalue weighted by Crippen LogP contribution is -2.31. The fourth-order valence-corrected chi connectivity index (χ4v) is 1.95. The van der Waals surface area contributed by atoms with Crippen LogP contribution in [0.25, 0.3) is 0 Å². The van der Waals surface area contributed by atoms with E-state index in [2.05, 4.69) is 9.55 Å². The summed E-state index contributed by atoms with van der Waals surface area (Å²) in [6, 6.07) is 7.27. The van der Waals surface area contributed by atoms with Gasteiger partial charge in [-0.1, -0.05) is 12.1 Å². The number of nitrogens with zero attached hydrogens (tertiary/aromatic N) is 2. The van der Waals surface area contributed by atoms with E-state index >= 15 is 0 Å². The minimum atomic E-state index is -0.383. The molecule has 0 fully saturated rings. The van der Waals surface area contributed by atoms with Gasteiger partial charge in [0.2, 0.25) is 0 Å². The summed E-state index contributed by atoms with van der Waals surface area (Å²) >= 11 is 0. The molecule has 0 unspecified atom stereocenters. The predicted octanol–water partition coefficient (Wildman–Crippen LogP) is 2.03. The number of hydrogen-bond donors (Lipinski definition) is 2. The lowest BCUT2D eigenvalue weighted by molar-refractivity contribution is 0.474. The van der Waals surface area contributed by atoms with Crippen LogP contribution in [0.5, 0.6) is 5.75 Å². The molecule has 0 aliphatic rings. The molecule has 0 aliphatic heterocycles. The van der Waals surface area contributed by atoms with Crippen LogP contribution in [0.4, 0.5) is 0 Å². The summed E-state index contributed by atoms with van der Waals surface area (Å²) in [4.78, 5) is 4.16. The molecule has 0 bridgehead atoms. The Hall–Kier alpha value is -1.81. The molecular weight excluding hydrogens is 226 g/mol. The van der Waals surface area contributed by atoms with Gasteiger partial charge < -0.3 is 15.4 Å². The third kappa shape index (κ3) is 2.90. The molecule has 4 nitrogen and oxygen atoms in total. The van der Waals surface area contributed by atoms with Crippen molar-refractivity contribution in [1.82, 2.24) is 9.55 Å². The van der Waals surface area contributed by atoms with Crippen LogP contribution in [-0.2, 0) is 18.5 Å². The average molecular weight is 245 g/mol. The van der Waals surface area contributed by atoms with Crippen LogP contribution in [0, 0.1) is 0 Å². The first-order valence-corrected chi connectivity index (χ1v) is 6.04. The van der Waals surface area contributed by atoms with E-state index < -0.39 is 0 Å². The van der Waals surface area contributed by atoms with Crippen molar-refractivity contribution in [2.75, 3.05) is 0 Å². The first kappa shape index (κ1) is 12.6. The Morgan fingerprint density at radius 1 is 1.28 bits per heavy atom. The Labute approximate surface area is 107 Å². The van der Waals surface area contributed by atoms with Gasteiger partial charge in [0, 0.05) is 12.7 Å². The molecule has 0 atom stereocenters. The van der Waals surface area contributed by atoms with Gasteiger partial charge in [0.1, 0.15) is 5.75 Å². The highest BCUT2D eigenvalue weighted by molar-refractivity contribution is 5.26.